The number of ether oxygens (including phenoxy) is 2. The Bertz CT molecular complexity index is 383. The molecule has 0 fully saturated rings. The van der Waals surface area contributed by atoms with Gasteiger partial charge in [0.25, 0.3) is 0 Å². The molecule has 1 aromatic carbocycles. The van der Waals surface area contributed by atoms with Crippen LogP contribution in [0.4, 0.5) is 0 Å². The highest BCUT2D eigenvalue weighted by Crippen LogP contribution is 2.15. The predicted molar refractivity (Wildman–Crippen MR) is 72.5 cm³/mol. The predicted octanol–water partition coefficient (Wildman–Crippen LogP) is 1.23. The monoisotopic (exact) mass is 287 g/mol. The summed E-state index contributed by atoms with van der Waals surface area (Å²) in [7, 11) is 0. The molecule has 106 valence electrons. The molecule has 0 aliphatic heterocycles. The molecule has 0 amide bonds. The van der Waals surface area contributed by atoms with Crippen LogP contribution >= 0.6 is 11.6 Å². The van der Waals surface area contributed by atoms with Crippen molar-refractivity contribution in [2.75, 3.05) is 26.3 Å². The summed E-state index contributed by atoms with van der Waals surface area (Å²) >= 11 is 5.74. The van der Waals surface area contributed by atoms with Crippen LogP contribution < -0.4 is 10.1 Å². The molecule has 2 N–H and O–H groups in total. The molecule has 1 unspecified atom stereocenters. The molecule has 1 aromatic rings. The summed E-state index contributed by atoms with van der Waals surface area (Å²) in [6.07, 6.45) is -0.704. The summed E-state index contributed by atoms with van der Waals surface area (Å²) < 4.78 is 10.1. The topological polar surface area (TPSA) is 67.8 Å². The van der Waals surface area contributed by atoms with Crippen molar-refractivity contribution in [3.05, 3.63) is 29.3 Å². The summed E-state index contributed by atoms with van der Waals surface area (Å²) in [4.78, 5) is 11.0. The largest absolute Gasteiger partial charge is 0.491 e. The molecule has 6 heteroatoms. The Labute approximate surface area is 117 Å². The van der Waals surface area contributed by atoms with E-state index in [1.807, 2.05) is 0 Å². The average Bonchev–Trinajstić information content (AvgIpc) is 2.38. The molecule has 19 heavy (non-hydrogen) atoms. The lowest BCUT2D eigenvalue weighted by atomic mass is 10.3. The number of hydrogen-bond donors (Lipinski definition) is 2. The van der Waals surface area contributed by atoms with E-state index in [0.29, 0.717) is 17.4 Å². The van der Waals surface area contributed by atoms with Crippen molar-refractivity contribution in [3.8, 4) is 5.75 Å². The van der Waals surface area contributed by atoms with Gasteiger partial charge in [0.05, 0.1) is 13.2 Å². The van der Waals surface area contributed by atoms with Gasteiger partial charge in [-0.1, -0.05) is 11.6 Å². The van der Waals surface area contributed by atoms with Crippen LogP contribution in [0, 0.1) is 0 Å². The molecule has 1 rings (SSSR count). The van der Waals surface area contributed by atoms with E-state index in [9.17, 15) is 9.90 Å². The van der Waals surface area contributed by atoms with E-state index < -0.39 is 6.10 Å². The van der Waals surface area contributed by atoms with Gasteiger partial charge in [-0.2, -0.15) is 0 Å². The molecule has 0 saturated carbocycles. The van der Waals surface area contributed by atoms with Crippen LogP contribution in [-0.2, 0) is 9.53 Å². The maximum absolute atomic E-state index is 11.0. The van der Waals surface area contributed by atoms with Crippen molar-refractivity contribution in [1.82, 2.24) is 5.32 Å². The first-order valence-corrected chi connectivity index (χ1v) is 6.42. The Morgan fingerprint density at radius 2 is 2.11 bits per heavy atom. The minimum Gasteiger partial charge on any atom is -0.491 e. The lowest BCUT2D eigenvalue weighted by Gasteiger charge is -2.13. The average molecular weight is 288 g/mol. The highest BCUT2D eigenvalue weighted by atomic mass is 35.5. The normalized spacial score (nSPS) is 11.9. The van der Waals surface area contributed by atoms with Crippen molar-refractivity contribution in [3.63, 3.8) is 0 Å². The molecule has 0 aliphatic carbocycles. The summed E-state index contributed by atoms with van der Waals surface area (Å²) in [5, 5.41) is 13.1. The van der Waals surface area contributed by atoms with Crippen molar-refractivity contribution in [2.24, 2.45) is 0 Å². The van der Waals surface area contributed by atoms with Gasteiger partial charge in [-0.15, -0.1) is 0 Å². The number of aliphatic hydroxyl groups is 1. The number of benzene rings is 1. The van der Waals surface area contributed by atoms with Gasteiger partial charge in [0.1, 0.15) is 18.5 Å². The molecule has 1 atom stereocenters. The van der Waals surface area contributed by atoms with Crippen molar-refractivity contribution in [2.45, 2.75) is 13.0 Å². The number of halogens is 1. The van der Waals surface area contributed by atoms with Crippen LogP contribution in [0.25, 0.3) is 0 Å². The first-order chi connectivity index (χ1) is 9.11. The zero-order valence-corrected chi connectivity index (χ0v) is 11.5. The van der Waals surface area contributed by atoms with Crippen LogP contribution in [0.15, 0.2) is 24.3 Å². The quantitative estimate of drug-likeness (QED) is 0.704. The number of hydrogen-bond acceptors (Lipinski definition) is 5. The fraction of sp³-hybridized carbons (Fsp3) is 0.462. The van der Waals surface area contributed by atoms with E-state index in [1.54, 1.807) is 31.2 Å². The fourth-order valence-corrected chi connectivity index (χ4v) is 1.46. The number of rotatable bonds is 8. The Hall–Kier alpha value is -1.30. The van der Waals surface area contributed by atoms with Gasteiger partial charge in [0.15, 0.2) is 0 Å². The molecule has 0 heterocycles. The molecule has 0 bridgehead atoms. The lowest BCUT2D eigenvalue weighted by Crippen LogP contribution is -2.35. The van der Waals surface area contributed by atoms with Crippen molar-refractivity contribution < 1.29 is 19.4 Å². The smallest absolute Gasteiger partial charge is 0.319 e. The van der Waals surface area contributed by atoms with Gasteiger partial charge in [-0.05, 0) is 31.2 Å². The third kappa shape index (κ3) is 7.00. The van der Waals surface area contributed by atoms with Gasteiger partial charge < -0.3 is 19.9 Å². The Balaban J connectivity index is 2.15. The molecular weight excluding hydrogens is 270 g/mol. The second-order valence-electron chi connectivity index (χ2n) is 3.85. The highest BCUT2D eigenvalue weighted by Gasteiger charge is 2.07. The van der Waals surface area contributed by atoms with Crippen LogP contribution in [-0.4, -0.2) is 43.5 Å². The zero-order chi connectivity index (χ0) is 14.1. The van der Waals surface area contributed by atoms with E-state index in [1.165, 1.54) is 0 Å². The van der Waals surface area contributed by atoms with Gasteiger partial charge in [-0.3, -0.25) is 4.79 Å². The van der Waals surface area contributed by atoms with Crippen LogP contribution in [0.1, 0.15) is 6.92 Å². The maximum Gasteiger partial charge on any atom is 0.319 e. The molecule has 0 radical (unpaired) electrons. The van der Waals surface area contributed by atoms with Crippen molar-refractivity contribution >= 4 is 17.6 Å². The van der Waals surface area contributed by atoms with Gasteiger partial charge in [0.2, 0.25) is 0 Å². The lowest BCUT2D eigenvalue weighted by molar-refractivity contribution is -0.142. The van der Waals surface area contributed by atoms with E-state index in [-0.39, 0.29) is 25.7 Å². The molecule has 5 nitrogen and oxygen atoms in total. The second-order valence-corrected chi connectivity index (χ2v) is 4.29. The van der Waals surface area contributed by atoms with Crippen molar-refractivity contribution in [1.29, 1.82) is 0 Å². The minimum absolute atomic E-state index is 0.0752. The van der Waals surface area contributed by atoms with E-state index in [2.05, 4.69) is 5.32 Å². The Morgan fingerprint density at radius 1 is 1.42 bits per heavy atom. The summed E-state index contributed by atoms with van der Waals surface area (Å²) in [6.45, 7) is 2.56. The van der Waals surface area contributed by atoms with Crippen LogP contribution in [0.5, 0.6) is 5.75 Å². The zero-order valence-electron chi connectivity index (χ0n) is 10.8. The Kier molecular flexibility index (Phi) is 7.25. The van der Waals surface area contributed by atoms with Crippen LogP contribution in [0.3, 0.4) is 0 Å². The van der Waals surface area contributed by atoms with E-state index in [0.717, 1.165) is 0 Å². The van der Waals surface area contributed by atoms with Gasteiger partial charge in [-0.25, -0.2) is 0 Å². The van der Waals surface area contributed by atoms with Gasteiger partial charge in [0, 0.05) is 11.6 Å². The number of nitrogens with one attached hydrogen (secondary N) is 1. The summed E-state index contributed by atoms with van der Waals surface area (Å²) in [5.41, 5.74) is 0. The third-order valence-corrected chi connectivity index (χ3v) is 2.46. The molecule has 0 spiro atoms. The fourth-order valence-electron chi connectivity index (χ4n) is 1.34. The third-order valence-electron chi connectivity index (χ3n) is 2.21. The number of esters is 1. The standard InChI is InChI=1S/C13H18ClNO4/c1-2-18-13(17)8-15-7-11(16)9-19-12-5-3-10(14)4-6-12/h3-6,11,15-16H,2,7-9H2,1H3. The minimum atomic E-state index is -0.704. The Morgan fingerprint density at radius 3 is 2.74 bits per heavy atom. The number of aliphatic hydroxyl groups excluding tert-OH is 1. The maximum atomic E-state index is 11.0. The molecular formula is C13H18ClNO4. The first kappa shape index (κ1) is 15.8. The molecule has 0 aromatic heterocycles. The van der Waals surface area contributed by atoms with Gasteiger partial charge >= 0.3 is 5.97 Å². The highest BCUT2D eigenvalue weighted by molar-refractivity contribution is 6.30. The van der Waals surface area contributed by atoms with E-state index >= 15 is 0 Å². The molecule has 0 aliphatic rings. The summed E-state index contributed by atoms with van der Waals surface area (Å²) in [6, 6.07) is 6.87. The summed E-state index contributed by atoms with van der Waals surface area (Å²) in [5.74, 6) is 0.294. The molecule has 0 saturated heterocycles. The first-order valence-electron chi connectivity index (χ1n) is 6.04. The number of carbonyl (C=O) groups is 1. The van der Waals surface area contributed by atoms with Crippen LogP contribution in [0.2, 0.25) is 5.02 Å². The number of carbonyl (C=O) groups excluding carboxylic acids is 1. The SMILES string of the molecule is CCOC(=O)CNCC(O)COc1ccc(Cl)cc1. The second kappa shape index (κ2) is 8.74. The van der Waals surface area contributed by atoms with E-state index in [4.69, 9.17) is 21.1 Å².